The number of aromatic amines is 1. The molecule has 0 bridgehead atoms. The number of hydrogen-bond acceptors (Lipinski definition) is 5. The van der Waals surface area contributed by atoms with Gasteiger partial charge in [0.05, 0.1) is 17.3 Å². The zero-order valence-corrected chi connectivity index (χ0v) is 23.7. The SMILES string of the molecule is CN(C)C(=O)C=CCNCCOc1ccc(/C(=C(/CC(F)(F)F)c2ccccc2)c2ccc3[nH]nc(F)c3c2)cn1.Cl. The Hall–Kier alpha value is -4.22. The molecule has 4 aromatic rings. The molecule has 2 aromatic heterocycles. The maximum Gasteiger partial charge on any atom is 0.393 e. The number of aromatic nitrogens is 3. The quantitative estimate of drug-likeness (QED) is 0.0945. The van der Waals surface area contributed by atoms with Gasteiger partial charge in [0.2, 0.25) is 17.7 Å². The van der Waals surface area contributed by atoms with Gasteiger partial charge in [-0.15, -0.1) is 17.5 Å². The normalized spacial score (nSPS) is 12.2. The standard InChI is InChI=1S/C30H29F4N5O2.ClH/c1-39(2)27(40)9-6-14-35-15-16-41-26-13-11-22(19-36-26)28(21-10-12-25-23(17-21)29(31)38-37-25)24(18-30(32,33)34)20-7-4-3-5-8-20;/h3-13,17,19,35H,14-16,18H2,1-2H3,(H,37,38);1H/b9-6?,28-24-;. The van der Waals surface area contributed by atoms with Gasteiger partial charge < -0.3 is 15.0 Å². The van der Waals surface area contributed by atoms with E-state index in [9.17, 15) is 22.4 Å². The Balaban J connectivity index is 0.00000484. The molecule has 2 N–H and O–H groups in total. The average Bonchev–Trinajstić information content (AvgIpc) is 3.32. The van der Waals surface area contributed by atoms with Crippen LogP contribution >= 0.6 is 12.4 Å². The Bertz CT molecular complexity index is 1540. The van der Waals surface area contributed by atoms with Crippen molar-refractivity contribution in [3.8, 4) is 5.88 Å². The van der Waals surface area contributed by atoms with Crippen LogP contribution in [-0.4, -0.2) is 66.0 Å². The van der Waals surface area contributed by atoms with Gasteiger partial charge >= 0.3 is 6.18 Å². The summed E-state index contributed by atoms with van der Waals surface area (Å²) in [7, 11) is 3.34. The van der Waals surface area contributed by atoms with Crippen LogP contribution < -0.4 is 10.1 Å². The van der Waals surface area contributed by atoms with Gasteiger partial charge in [0.15, 0.2) is 0 Å². The van der Waals surface area contributed by atoms with E-state index in [1.165, 1.54) is 23.2 Å². The minimum atomic E-state index is -4.50. The molecule has 0 saturated carbocycles. The molecule has 0 atom stereocenters. The number of halogens is 5. The minimum Gasteiger partial charge on any atom is -0.476 e. The lowest BCUT2D eigenvalue weighted by Crippen LogP contribution is -2.22. The zero-order valence-electron chi connectivity index (χ0n) is 22.9. The number of fused-ring (bicyclic) bond motifs is 1. The number of alkyl halides is 3. The lowest BCUT2D eigenvalue weighted by atomic mass is 9.88. The number of pyridine rings is 1. The first kappa shape index (κ1) is 32.3. The third kappa shape index (κ3) is 8.64. The maximum absolute atomic E-state index is 14.3. The van der Waals surface area contributed by atoms with E-state index < -0.39 is 18.5 Å². The van der Waals surface area contributed by atoms with Gasteiger partial charge in [-0.05, 0) is 40.5 Å². The molecule has 2 aromatic carbocycles. The highest BCUT2D eigenvalue weighted by Gasteiger charge is 2.31. The van der Waals surface area contributed by atoms with Gasteiger partial charge in [-0.2, -0.15) is 17.6 Å². The molecule has 7 nitrogen and oxygen atoms in total. The molecular formula is C30H30ClF4N5O2. The molecule has 0 unspecified atom stereocenters. The molecule has 0 saturated heterocycles. The summed E-state index contributed by atoms with van der Waals surface area (Å²) in [5.74, 6) is -0.559. The third-order valence-electron chi connectivity index (χ3n) is 6.12. The van der Waals surface area contributed by atoms with Crippen LogP contribution in [0.25, 0.3) is 22.0 Å². The first-order chi connectivity index (χ1) is 19.6. The highest BCUT2D eigenvalue weighted by molar-refractivity contribution is 6.00. The Morgan fingerprint density at radius 2 is 1.79 bits per heavy atom. The Kier molecular flexibility index (Phi) is 11.2. The minimum absolute atomic E-state index is 0. The van der Waals surface area contributed by atoms with Gasteiger partial charge in [0, 0.05) is 51.1 Å². The molecule has 1 amide bonds. The van der Waals surface area contributed by atoms with Crippen LogP contribution in [-0.2, 0) is 4.79 Å². The molecule has 0 aliphatic carbocycles. The van der Waals surface area contributed by atoms with Crippen LogP contribution in [0.15, 0.2) is 79.0 Å². The Morgan fingerprint density at radius 3 is 2.45 bits per heavy atom. The summed E-state index contributed by atoms with van der Waals surface area (Å²) >= 11 is 0. The molecule has 222 valence electrons. The zero-order chi connectivity index (χ0) is 29.4. The predicted molar refractivity (Wildman–Crippen MR) is 157 cm³/mol. The van der Waals surface area contributed by atoms with E-state index in [0.717, 1.165) is 0 Å². The van der Waals surface area contributed by atoms with E-state index in [-0.39, 0.29) is 41.5 Å². The van der Waals surface area contributed by atoms with Crippen LogP contribution in [0.3, 0.4) is 0 Å². The summed E-state index contributed by atoms with van der Waals surface area (Å²) in [4.78, 5) is 17.3. The Morgan fingerprint density at radius 1 is 1.05 bits per heavy atom. The number of rotatable bonds is 11. The predicted octanol–water partition coefficient (Wildman–Crippen LogP) is 6.04. The number of nitrogens with zero attached hydrogens (tertiary/aromatic N) is 3. The number of nitrogens with one attached hydrogen (secondary N) is 2. The highest BCUT2D eigenvalue weighted by Crippen LogP contribution is 2.40. The summed E-state index contributed by atoms with van der Waals surface area (Å²) < 4.78 is 61.6. The number of likely N-dealkylation sites (N-methyl/N-ethyl adjacent to an activating group) is 1. The van der Waals surface area contributed by atoms with Crippen molar-refractivity contribution in [1.29, 1.82) is 0 Å². The van der Waals surface area contributed by atoms with Gasteiger partial charge in [-0.1, -0.05) is 42.5 Å². The summed E-state index contributed by atoms with van der Waals surface area (Å²) in [5, 5.41) is 9.41. The largest absolute Gasteiger partial charge is 0.476 e. The van der Waals surface area contributed by atoms with Crippen LogP contribution in [0.2, 0.25) is 0 Å². The smallest absolute Gasteiger partial charge is 0.393 e. The van der Waals surface area contributed by atoms with Crippen LogP contribution in [0, 0.1) is 5.95 Å². The molecule has 0 aliphatic rings. The molecule has 2 heterocycles. The van der Waals surface area contributed by atoms with Crippen molar-refractivity contribution in [2.24, 2.45) is 0 Å². The fourth-order valence-corrected chi connectivity index (χ4v) is 4.16. The fraction of sp³-hybridized carbons (Fsp3) is 0.233. The maximum atomic E-state index is 14.3. The van der Waals surface area contributed by atoms with Crippen LogP contribution in [0.4, 0.5) is 17.6 Å². The number of benzene rings is 2. The van der Waals surface area contributed by atoms with E-state index in [1.54, 1.807) is 74.8 Å². The molecular weight excluding hydrogens is 574 g/mol. The summed E-state index contributed by atoms with van der Waals surface area (Å²) in [6, 6.07) is 16.2. The van der Waals surface area contributed by atoms with Crippen LogP contribution in [0.1, 0.15) is 23.1 Å². The molecule has 42 heavy (non-hydrogen) atoms. The first-order valence-electron chi connectivity index (χ1n) is 12.8. The topological polar surface area (TPSA) is 83.1 Å². The van der Waals surface area contributed by atoms with E-state index in [0.29, 0.717) is 41.2 Å². The number of carbonyl (C=O) groups is 1. The lowest BCUT2D eigenvalue weighted by Gasteiger charge is -2.19. The van der Waals surface area contributed by atoms with Crippen molar-refractivity contribution >= 4 is 40.4 Å². The van der Waals surface area contributed by atoms with Gasteiger partial charge in [-0.3, -0.25) is 9.89 Å². The van der Waals surface area contributed by atoms with Crippen molar-refractivity contribution in [2.75, 3.05) is 33.8 Å². The van der Waals surface area contributed by atoms with Crippen molar-refractivity contribution in [1.82, 2.24) is 25.4 Å². The summed E-state index contributed by atoms with van der Waals surface area (Å²) in [6.45, 7) is 1.24. The van der Waals surface area contributed by atoms with Gasteiger partial charge in [-0.25, -0.2) is 4.98 Å². The molecule has 0 spiro atoms. The monoisotopic (exact) mass is 603 g/mol. The van der Waals surface area contributed by atoms with Crippen molar-refractivity contribution in [2.45, 2.75) is 12.6 Å². The first-order valence-corrected chi connectivity index (χ1v) is 12.8. The molecule has 0 aliphatic heterocycles. The number of H-pyrrole nitrogens is 1. The van der Waals surface area contributed by atoms with E-state index in [4.69, 9.17) is 4.74 Å². The lowest BCUT2D eigenvalue weighted by molar-refractivity contribution is -0.124. The number of ether oxygens (including phenoxy) is 1. The van der Waals surface area contributed by atoms with Crippen LogP contribution in [0.5, 0.6) is 5.88 Å². The molecule has 0 fully saturated rings. The number of carbonyl (C=O) groups excluding carboxylic acids is 1. The number of amides is 1. The van der Waals surface area contributed by atoms with Gasteiger partial charge in [0.25, 0.3) is 0 Å². The van der Waals surface area contributed by atoms with E-state index >= 15 is 0 Å². The van der Waals surface area contributed by atoms with E-state index in [1.807, 2.05) is 0 Å². The molecule has 0 radical (unpaired) electrons. The number of hydrogen-bond donors (Lipinski definition) is 2. The second kappa shape index (κ2) is 14.6. The second-order valence-electron chi connectivity index (χ2n) is 9.36. The fourth-order valence-electron chi connectivity index (χ4n) is 4.16. The summed E-state index contributed by atoms with van der Waals surface area (Å²) in [5.41, 5.74) is 1.93. The van der Waals surface area contributed by atoms with Crippen molar-refractivity contribution in [3.63, 3.8) is 0 Å². The van der Waals surface area contributed by atoms with Gasteiger partial charge in [0.1, 0.15) is 6.61 Å². The Labute approximate surface area is 246 Å². The van der Waals surface area contributed by atoms with Crippen molar-refractivity contribution in [3.05, 3.63) is 102 Å². The van der Waals surface area contributed by atoms with Crippen molar-refractivity contribution < 1.29 is 27.1 Å². The number of allylic oxidation sites excluding steroid dienone is 1. The molecule has 12 heteroatoms. The highest BCUT2D eigenvalue weighted by atomic mass is 35.5. The molecule has 4 rings (SSSR count). The summed E-state index contributed by atoms with van der Waals surface area (Å²) in [6.07, 6.45) is -1.07. The third-order valence-corrected chi connectivity index (χ3v) is 6.12. The average molecular weight is 604 g/mol. The second-order valence-corrected chi connectivity index (χ2v) is 9.36. The van der Waals surface area contributed by atoms with E-state index in [2.05, 4.69) is 20.5 Å².